The summed E-state index contributed by atoms with van der Waals surface area (Å²) in [5.41, 5.74) is 0.759. The summed E-state index contributed by atoms with van der Waals surface area (Å²) in [4.78, 5) is 12.8. The molecule has 1 fully saturated rings. The molecule has 5 nitrogen and oxygen atoms in total. The standard InChI is InChI=1S/C22H21FN2O3S/c23-18-8-10-19(11-9-18)29(27,28)25-14-12-17(13-15-25)22(26)24-21-7-3-5-16-4-1-2-6-20(16)21/h1-11,17H,12-15H2,(H,24,26). The number of anilines is 1. The Morgan fingerprint density at radius 3 is 2.31 bits per heavy atom. The van der Waals surface area contributed by atoms with Crippen molar-refractivity contribution in [3.05, 3.63) is 72.5 Å². The van der Waals surface area contributed by atoms with E-state index in [0.717, 1.165) is 28.6 Å². The number of nitrogens with one attached hydrogen (secondary N) is 1. The summed E-state index contributed by atoms with van der Waals surface area (Å²) in [6.45, 7) is 0.515. The van der Waals surface area contributed by atoms with E-state index >= 15 is 0 Å². The van der Waals surface area contributed by atoms with E-state index in [0.29, 0.717) is 12.8 Å². The number of carbonyl (C=O) groups is 1. The Morgan fingerprint density at radius 1 is 0.931 bits per heavy atom. The van der Waals surface area contributed by atoms with E-state index in [-0.39, 0.29) is 29.8 Å². The number of hydrogen-bond acceptors (Lipinski definition) is 3. The molecule has 1 aliphatic heterocycles. The van der Waals surface area contributed by atoms with E-state index in [1.54, 1.807) is 0 Å². The Morgan fingerprint density at radius 2 is 1.59 bits per heavy atom. The molecule has 0 saturated carbocycles. The van der Waals surface area contributed by atoms with Gasteiger partial charge in [-0.2, -0.15) is 4.31 Å². The number of benzene rings is 3. The first-order chi connectivity index (χ1) is 13.9. The van der Waals surface area contributed by atoms with Gasteiger partial charge in [-0.1, -0.05) is 36.4 Å². The molecule has 0 bridgehead atoms. The lowest BCUT2D eigenvalue weighted by Gasteiger charge is -2.30. The van der Waals surface area contributed by atoms with Crippen LogP contribution in [0.15, 0.2) is 71.6 Å². The zero-order valence-corrected chi connectivity index (χ0v) is 16.5. The van der Waals surface area contributed by atoms with Crippen molar-refractivity contribution in [2.24, 2.45) is 5.92 Å². The number of halogens is 1. The number of amides is 1. The second-order valence-electron chi connectivity index (χ2n) is 7.15. The molecule has 7 heteroatoms. The van der Waals surface area contributed by atoms with Gasteiger partial charge in [-0.3, -0.25) is 4.79 Å². The van der Waals surface area contributed by atoms with Crippen molar-refractivity contribution in [3.8, 4) is 0 Å². The van der Waals surface area contributed by atoms with Crippen LogP contribution in [0.4, 0.5) is 10.1 Å². The van der Waals surface area contributed by atoms with E-state index in [2.05, 4.69) is 5.32 Å². The van der Waals surface area contributed by atoms with Crippen molar-refractivity contribution < 1.29 is 17.6 Å². The number of fused-ring (bicyclic) bond motifs is 1. The molecule has 0 aliphatic carbocycles. The van der Waals surface area contributed by atoms with Gasteiger partial charge in [-0.15, -0.1) is 0 Å². The molecule has 3 aromatic rings. The molecule has 1 aliphatic rings. The summed E-state index contributed by atoms with van der Waals surface area (Å²) in [5, 5.41) is 5.02. The second-order valence-corrected chi connectivity index (χ2v) is 9.09. The SMILES string of the molecule is O=C(Nc1cccc2ccccc12)C1CCN(S(=O)(=O)c2ccc(F)cc2)CC1. The summed E-state index contributed by atoms with van der Waals surface area (Å²) < 4.78 is 39.9. The van der Waals surface area contributed by atoms with Crippen LogP contribution in [0.5, 0.6) is 0 Å². The third-order valence-corrected chi connectivity index (χ3v) is 7.24. The minimum Gasteiger partial charge on any atom is -0.325 e. The monoisotopic (exact) mass is 412 g/mol. The molecule has 3 aromatic carbocycles. The van der Waals surface area contributed by atoms with Crippen molar-refractivity contribution in [1.82, 2.24) is 4.31 Å². The quantitative estimate of drug-likeness (QED) is 0.704. The highest BCUT2D eigenvalue weighted by molar-refractivity contribution is 7.89. The van der Waals surface area contributed by atoms with Crippen molar-refractivity contribution in [2.45, 2.75) is 17.7 Å². The molecule has 0 unspecified atom stereocenters. The van der Waals surface area contributed by atoms with Gasteiger partial charge < -0.3 is 5.32 Å². The average molecular weight is 412 g/mol. The zero-order chi connectivity index (χ0) is 20.4. The number of piperidine rings is 1. The summed E-state index contributed by atoms with van der Waals surface area (Å²) in [6, 6.07) is 18.4. The van der Waals surface area contributed by atoms with Crippen LogP contribution >= 0.6 is 0 Å². The molecule has 1 N–H and O–H groups in total. The number of carbonyl (C=O) groups excluding carboxylic acids is 1. The predicted octanol–water partition coefficient (Wildman–Crippen LogP) is 4.02. The fourth-order valence-electron chi connectivity index (χ4n) is 3.68. The molecule has 29 heavy (non-hydrogen) atoms. The fourth-order valence-corrected chi connectivity index (χ4v) is 5.15. The van der Waals surface area contributed by atoms with Crippen molar-refractivity contribution in [2.75, 3.05) is 18.4 Å². The Balaban J connectivity index is 1.43. The first-order valence-corrected chi connectivity index (χ1v) is 10.9. The summed E-state index contributed by atoms with van der Waals surface area (Å²) in [6.07, 6.45) is 0.883. The third kappa shape index (κ3) is 4.02. The fraction of sp³-hybridized carbons (Fsp3) is 0.227. The van der Waals surface area contributed by atoms with Crippen LogP contribution in [0, 0.1) is 11.7 Å². The normalized spacial score (nSPS) is 16.0. The molecular weight excluding hydrogens is 391 g/mol. The lowest BCUT2D eigenvalue weighted by molar-refractivity contribution is -0.120. The topological polar surface area (TPSA) is 66.5 Å². The summed E-state index contributed by atoms with van der Waals surface area (Å²) in [5.74, 6) is -0.832. The molecule has 0 spiro atoms. The maximum Gasteiger partial charge on any atom is 0.243 e. The molecule has 1 heterocycles. The van der Waals surface area contributed by atoms with Crippen molar-refractivity contribution >= 4 is 32.4 Å². The first kappa shape index (κ1) is 19.5. The minimum atomic E-state index is -3.68. The lowest BCUT2D eigenvalue weighted by Crippen LogP contribution is -2.41. The first-order valence-electron chi connectivity index (χ1n) is 9.49. The second kappa shape index (κ2) is 7.93. The number of sulfonamides is 1. The molecule has 0 atom stereocenters. The van der Waals surface area contributed by atoms with Crippen LogP contribution in [-0.4, -0.2) is 31.7 Å². The highest BCUT2D eigenvalue weighted by Gasteiger charge is 2.32. The zero-order valence-electron chi connectivity index (χ0n) is 15.7. The van der Waals surface area contributed by atoms with Crippen LogP contribution in [-0.2, 0) is 14.8 Å². The van der Waals surface area contributed by atoms with Crippen LogP contribution in [0.2, 0.25) is 0 Å². The Kier molecular flexibility index (Phi) is 5.34. The smallest absolute Gasteiger partial charge is 0.243 e. The van der Waals surface area contributed by atoms with Crippen LogP contribution in [0.1, 0.15) is 12.8 Å². The molecule has 1 amide bonds. The molecule has 0 radical (unpaired) electrons. The number of nitrogens with zero attached hydrogens (tertiary/aromatic N) is 1. The molecule has 4 rings (SSSR count). The van der Waals surface area contributed by atoms with E-state index in [9.17, 15) is 17.6 Å². The van der Waals surface area contributed by atoms with Gasteiger partial charge in [-0.25, -0.2) is 12.8 Å². The third-order valence-electron chi connectivity index (χ3n) is 5.32. The molecule has 1 saturated heterocycles. The van der Waals surface area contributed by atoms with Crippen molar-refractivity contribution in [3.63, 3.8) is 0 Å². The molecule has 0 aromatic heterocycles. The highest BCUT2D eigenvalue weighted by atomic mass is 32.2. The Labute approximate surface area is 169 Å². The van der Waals surface area contributed by atoms with E-state index < -0.39 is 15.8 Å². The summed E-state index contributed by atoms with van der Waals surface area (Å²) >= 11 is 0. The van der Waals surface area contributed by atoms with Gasteiger partial charge >= 0.3 is 0 Å². The van der Waals surface area contributed by atoms with Gasteiger partial charge in [0.1, 0.15) is 5.82 Å². The van der Waals surface area contributed by atoms with Gasteiger partial charge in [0.05, 0.1) is 4.90 Å². The maximum absolute atomic E-state index is 13.1. The van der Waals surface area contributed by atoms with E-state index in [1.165, 1.54) is 16.4 Å². The van der Waals surface area contributed by atoms with Gasteiger partial charge in [0.25, 0.3) is 0 Å². The summed E-state index contributed by atoms with van der Waals surface area (Å²) in [7, 11) is -3.68. The van der Waals surface area contributed by atoms with Gasteiger partial charge in [0.2, 0.25) is 15.9 Å². The maximum atomic E-state index is 13.1. The van der Waals surface area contributed by atoms with E-state index in [4.69, 9.17) is 0 Å². The van der Waals surface area contributed by atoms with E-state index in [1.807, 2.05) is 42.5 Å². The highest BCUT2D eigenvalue weighted by Crippen LogP contribution is 2.27. The molecular formula is C22H21FN2O3S. The van der Waals surface area contributed by atoms with Crippen LogP contribution in [0.3, 0.4) is 0 Å². The van der Waals surface area contributed by atoms with Crippen molar-refractivity contribution in [1.29, 1.82) is 0 Å². The largest absolute Gasteiger partial charge is 0.325 e. The Hall–Kier alpha value is -2.77. The Bertz CT molecular complexity index is 1130. The number of rotatable bonds is 4. The lowest BCUT2D eigenvalue weighted by atomic mass is 9.97. The van der Waals surface area contributed by atoms with Gasteiger partial charge in [0.15, 0.2) is 0 Å². The van der Waals surface area contributed by atoms with Gasteiger partial charge in [-0.05, 0) is 48.6 Å². The van der Waals surface area contributed by atoms with Crippen LogP contribution in [0.25, 0.3) is 10.8 Å². The minimum absolute atomic E-state index is 0.0672. The van der Waals surface area contributed by atoms with Crippen LogP contribution < -0.4 is 5.32 Å². The predicted molar refractivity (Wildman–Crippen MR) is 110 cm³/mol. The van der Waals surface area contributed by atoms with Gasteiger partial charge in [0, 0.05) is 30.1 Å². The average Bonchev–Trinajstić information content (AvgIpc) is 2.74. The molecule has 150 valence electrons. The number of hydrogen-bond donors (Lipinski definition) is 1.